The maximum Gasteiger partial charge on any atom is 0.250 e. The summed E-state index contributed by atoms with van der Waals surface area (Å²) in [5.41, 5.74) is 13.3. The second-order valence-corrected chi connectivity index (χ2v) is 10.6. The van der Waals surface area contributed by atoms with Crippen LogP contribution in [0.1, 0.15) is 30.1 Å². The molecule has 4 N–H and O–H groups in total. The largest absolute Gasteiger partial charge is 0.379 e. The standard InChI is InChI=1S/C35H35N5O2/c1-3-4-19-39(42-2)20-18-37-31-22-26(16-17-28(31)35(36)41)40-32-14-8-6-11-29(32)34-27(12-9-15-33(34)40)25-21-24-10-5-7-13-30(24)38-23-25/h5-17,21-23,37H,3-4,18-20H2,1-2H3,(H2,36,41)/p+1. The third-order valence-electron chi connectivity index (χ3n) is 7.94. The molecule has 0 aliphatic carbocycles. The molecule has 6 rings (SSSR count). The summed E-state index contributed by atoms with van der Waals surface area (Å²) in [5.74, 6) is -0.459. The molecular weight excluding hydrogens is 522 g/mol. The molecule has 2 aromatic heterocycles. The third-order valence-corrected chi connectivity index (χ3v) is 7.94. The average Bonchev–Trinajstić information content (AvgIpc) is 3.37. The fourth-order valence-electron chi connectivity index (χ4n) is 5.83. The van der Waals surface area contributed by atoms with Crippen LogP contribution in [-0.4, -0.2) is 42.2 Å². The van der Waals surface area contributed by atoms with Crippen LogP contribution in [0.25, 0.3) is 49.5 Å². The van der Waals surface area contributed by atoms with E-state index in [-0.39, 0.29) is 0 Å². The van der Waals surface area contributed by atoms with Crippen molar-refractivity contribution in [2.24, 2.45) is 5.73 Å². The fraction of sp³-hybridized carbons (Fsp3) is 0.200. The molecule has 42 heavy (non-hydrogen) atoms. The number of aromatic nitrogens is 2. The third kappa shape index (κ3) is 5.20. The Morgan fingerprint density at radius 3 is 2.60 bits per heavy atom. The topological polar surface area (TPSA) is 86.6 Å². The van der Waals surface area contributed by atoms with Gasteiger partial charge in [0.15, 0.2) is 0 Å². The Hall–Kier alpha value is -4.72. The molecule has 0 radical (unpaired) electrons. The Morgan fingerprint density at radius 1 is 0.952 bits per heavy atom. The van der Waals surface area contributed by atoms with Crippen LogP contribution in [0.5, 0.6) is 0 Å². The second-order valence-electron chi connectivity index (χ2n) is 10.6. The molecule has 0 spiro atoms. The van der Waals surface area contributed by atoms with Crippen molar-refractivity contribution in [2.75, 3.05) is 32.1 Å². The number of unbranched alkanes of at least 4 members (excludes halogenated alkanes) is 1. The van der Waals surface area contributed by atoms with Crippen LogP contribution in [0.2, 0.25) is 0 Å². The number of rotatable bonds is 11. The molecule has 0 saturated carbocycles. The van der Waals surface area contributed by atoms with Crippen LogP contribution in [-0.2, 0) is 4.84 Å². The van der Waals surface area contributed by atoms with Crippen LogP contribution in [0.15, 0.2) is 97.2 Å². The summed E-state index contributed by atoms with van der Waals surface area (Å²) < 4.78 is 2.26. The highest BCUT2D eigenvalue weighted by Gasteiger charge is 2.18. The molecule has 7 nitrogen and oxygen atoms in total. The highest BCUT2D eigenvalue weighted by atomic mass is 16.7. The molecule has 1 amide bonds. The van der Waals surface area contributed by atoms with Crippen molar-refractivity contribution in [1.29, 1.82) is 0 Å². The first-order chi connectivity index (χ1) is 20.6. The van der Waals surface area contributed by atoms with Crippen LogP contribution < -0.4 is 16.1 Å². The Labute approximate surface area is 245 Å². The number of quaternary nitrogens is 1. The minimum Gasteiger partial charge on any atom is -0.379 e. The summed E-state index contributed by atoms with van der Waals surface area (Å²) in [6.45, 7) is 4.51. The molecule has 1 atom stereocenters. The smallest absolute Gasteiger partial charge is 0.250 e. The van der Waals surface area contributed by atoms with Gasteiger partial charge in [0.25, 0.3) is 5.91 Å². The minimum atomic E-state index is -0.459. The van der Waals surface area contributed by atoms with E-state index >= 15 is 0 Å². The number of nitrogens with one attached hydrogen (secondary N) is 2. The number of para-hydroxylation sites is 2. The van der Waals surface area contributed by atoms with Crippen molar-refractivity contribution in [2.45, 2.75) is 19.8 Å². The summed E-state index contributed by atoms with van der Waals surface area (Å²) in [6.07, 6.45) is 4.17. The molecule has 0 fully saturated rings. The molecule has 4 aromatic carbocycles. The Morgan fingerprint density at radius 2 is 1.76 bits per heavy atom. The van der Waals surface area contributed by atoms with Gasteiger partial charge in [-0.3, -0.25) is 9.78 Å². The van der Waals surface area contributed by atoms with Crippen LogP contribution in [0.3, 0.4) is 0 Å². The molecule has 0 aliphatic heterocycles. The molecule has 212 valence electrons. The SMILES string of the molecule is CCCC[NH+](CCNc1cc(-n2c3ccccc3c3c(-c4cnc5ccccc5c4)cccc32)ccc1C(N)=O)OC. The minimum absolute atomic E-state index is 0.459. The first-order valence-corrected chi connectivity index (χ1v) is 14.5. The first-order valence-electron chi connectivity index (χ1n) is 14.5. The van der Waals surface area contributed by atoms with E-state index in [1.54, 1.807) is 7.11 Å². The van der Waals surface area contributed by atoms with Gasteiger partial charge in [0, 0.05) is 39.3 Å². The summed E-state index contributed by atoms with van der Waals surface area (Å²) in [5, 5.41) is 7.94. The Bertz CT molecular complexity index is 1890. The average molecular weight is 559 g/mol. The lowest BCUT2D eigenvalue weighted by atomic mass is 9.99. The maximum atomic E-state index is 12.4. The van der Waals surface area contributed by atoms with E-state index in [2.05, 4.69) is 71.4 Å². The van der Waals surface area contributed by atoms with E-state index in [0.29, 0.717) is 17.8 Å². The number of fused-ring (bicyclic) bond motifs is 4. The van der Waals surface area contributed by atoms with Gasteiger partial charge in [0.2, 0.25) is 0 Å². The molecule has 1 unspecified atom stereocenters. The predicted octanol–water partition coefficient (Wildman–Crippen LogP) is 5.76. The first kappa shape index (κ1) is 27.4. The van der Waals surface area contributed by atoms with E-state index in [9.17, 15) is 4.79 Å². The van der Waals surface area contributed by atoms with Crippen molar-refractivity contribution in [3.05, 3.63) is 103 Å². The predicted molar refractivity (Wildman–Crippen MR) is 171 cm³/mol. The fourth-order valence-corrected chi connectivity index (χ4v) is 5.83. The summed E-state index contributed by atoms with van der Waals surface area (Å²) in [4.78, 5) is 22.7. The van der Waals surface area contributed by atoms with Gasteiger partial charge in [0.1, 0.15) is 13.1 Å². The van der Waals surface area contributed by atoms with Gasteiger partial charge < -0.3 is 15.6 Å². The Balaban J connectivity index is 1.45. The number of hydroxylamine groups is 2. The highest BCUT2D eigenvalue weighted by Crippen LogP contribution is 2.39. The van der Waals surface area contributed by atoms with E-state index < -0.39 is 5.91 Å². The van der Waals surface area contributed by atoms with Gasteiger partial charge in [-0.1, -0.05) is 61.9 Å². The van der Waals surface area contributed by atoms with Gasteiger partial charge in [-0.2, -0.15) is 5.06 Å². The zero-order valence-electron chi connectivity index (χ0n) is 24.1. The number of benzene rings is 4. The van der Waals surface area contributed by atoms with Crippen molar-refractivity contribution in [3.63, 3.8) is 0 Å². The number of carbonyl (C=O) groups is 1. The van der Waals surface area contributed by atoms with Gasteiger partial charge in [0.05, 0.1) is 35.8 Å². The van der Waals surface area contributed by atoms with Gasteiger partial charge >= 0.3 is 0 Å². The molecule has 0 saturated heterocycles. The van der Waals surface area contributed by atoms with E-state index in [1.807, 2.05) is 42.6 Å². The van der Waals surface area contributed by atoms with Gasteiger partial charge in [-0.15, -0.1) is 0 Å². The van der Waals surface area contributed by atoms with Crippen molar-refractivity contribution < 1.29 is 14.7 Å². The summed E-state index contributed by atoms with van der Waals surface area (Å²) in [6, 6.07) is 31.0. The van der Waals surface area contributed by atoms with Crippen LogP contribution in [0.4, 0.5) is 5.69 Å². The number of hydrogen-bond donors (Lipinski definition) is 3. The number of primary amides is 1. The molecule has 2 heterocycles. The Kier molecular flexibility index (Phi) is 7.86. The zero-order valence-corrected chi connectivity index (χ0v) is 24.1. The van der Waals surface area contributed by atoms with Crippen molar-refractivity contribution in [3.8, 4) is 16.8 Å². The lowest BCUT2D eigenvalue weighted by Crippen LogP contribution is -3.11. The number of anilines is 1. The highest BCUT2D eigenvalue weighted by molar-refractivity contribution is 6.16. The van der Waals surface area contributed by atoms with Gasteiger partial charge in [-0.05, 0) is 54.4 Å². The normalized spacial score (nSPS) is 12.2. The van der Waals surface area contributed by atoms with Crippen molar-refractivity contribution >= 4 is 44.3 Å². The second kappa shape index (κ2) is 12.0. The van der Waals surface area contributed by atoms with Crippen molar-refractivity contribution in [1.82, 2.24) is 9.55 Å². The number of nitrogens with two attached hydrogens (primary N) is 1. The zero-order chi connectivity index (χ0) is 29.1. The number of nitrogens with zero attached hydrogens (tertiary/aromatic N) is 2. The van der Waals surface area contributed by atoms with E-state index in [4.69, 9.17) is 15.6 Å². The van der Waals surface area contributed by atoms with E-state index in [1.165, 1.54) is 0 Å². The van der Waals surface area contributed by atoms with Crippen LogP contribution >= 0.6 is 0 Å². The summed E-state index contributed by atoms with van der Waals surface area (Å²) >= 11 is 0. The lowest BCUT2D eigenvalue weighted by molar-refractivity contribution is -1.09. The molecule has 0 bridgehead atoms. The van der Waals surface area contributed by atoms with Gasteiger partial charge in [-0.25, -0.2) is 4.84 Å². The van der Waals surface area contributed by atoms with E-state index in [0.717, 1.165) is 80.5 Å². The lowest BCUT2D eigenvalue weighted by Gasteiger charge is -2.17. The monoisotopic (exact) mass is 558 g/mol. The molecule has 7 heteroatoms. The molecule has 6 aromatic rings. The quantitative estimate of drug-likeness (QED) is 0.177. The molecule has 0 aliphatic rings. The van der Waals surface area contributed by atoms with Crippen LogP contribution in [0, 0.1) is 0 Å². The summed E-state index contributed by atoms with van der Waals surface area (Å²) in [7, 11) is 1.73. The number of hydrogen-bond acceptors (Lipinski definition) is 4. The number of carbonyl (C=O) groups excluding carboxylic acids is 1. The molecular formula is C35H36N5O2+. The maximum absolute atomic E-state index is 12.4. The number of pyridine rings is 1. The number of amides is 1.